The Morgan fingerprint density at radius 1 is 1.19 bits per heavy atom. The number of rotatable bonds is 4. The molecule has 5 heteroatoms. The quantitative estimate of drug-likeness (QED) is 0.829. The Labute approximate surface area is 92.8 Å². The van der Waals surface area contributed by atoms with Crippen molar-refractivity contribution in [3.05, 3.63) is 29.3 Å². The van der Waals surface area contributed by atoms with Gasteiger partial charge in [-0.15, -0.1) is 0 Å². The number of hydrogen-bond donors (Lipinski definition) is 2. The molecule has 3 nitrogen and oxygen atoms in total. The van der Waals surface area contributed by atoms with E-state index >= 15 is 0 Å². The normalized spacial score (nSPS) is 10.0. The Morgan fingerprint density at radius 3 is 2.19 bits per heavy atom. The van der Waals surface area contributed by atoms with Crippen molar-refractivity contribution >= 4 is 11.6 Å². The van der Waals surface area contributed by atoms with E-state index in [0.717, 1.165) is 12.1 Å². The standard InChI is InChI=1S/C11H14F2N2O/c1-3-14-10-8(12)5-7(6-9(10)13)11(16)15-4-2/h5-6,14H,3-4H2,1-2H3,(H,15,16). The Morgan fingerprint density at radius 2 is 1.75 bits per heavy atom. The molecule has 0 aliphatic carbocycles. The average Bonchev–Trinajstić information content (AvgIpc) is 2.23. The van der Waals surface area contributed by atoms with Gasteiger partial charge in [-0.2, -0.15) is 0 Å². The minimum Gasteiger partial charge on any atom is -0.381 e. The van der Waals surface area contributed by atoms with Gasteiger partial charge in [0, 0.05) is 18.7 Å². The predicted molar refractivity (Wildman–Crippen MR) is 58.5 cm³/mol. The fraction of sp³-hybridized carbons (Fsp3) is 0.364. The van der Waals surface area contributed by atoms with Crippen LogP contribution in [0.5, 0.6) is 0 Å². The van der Waals surface area contributed by atoms with Crippen LogP contribution in [0.4, 0.5) is 14.5 Å². The number of carbonyl (C=O) groups excluding carboxylic acids is 1. The van der Waals surface area contributed by atoms with Crippen LogP contribution in [0.15, 0.2) is 12.1 Å². The molecule has 0 aliphatic rings. The van der Waals surface area contributed by atoms with Crippen LogP contribution >= 0.6 is 0 Å². The summed E-state index contributed by atoms with van der Waals surface area (Å²) in [5.74, 6) is -2.01. The maximum Gasteiger partial charge on any atom is 0.251 e. The molecule has 88 valence electrons. The van der Waals surface area contributed by atoms with E-state index in [2.05, 4.69) is 10.6 Å². The minimum atomic E-state index is -0.761. The van der Waals surface area contributed by atoms with E-state index in [9.17, 15) is 13.6 Å². The van der Waals surface area contributed by atoms with Crippen molar-refractivity contribution in [3.8, 4) is 0 Å². The summed E-state index contributed by atoms with van der Waals surface area (Å²) >= 11 is 0. The molecule has 0 saturated carbocycles. The van der Waals surface area contributed by atoms with Gasteiger partial charge in [-0.25, -0.2) is 8.78 Å². The Hall–Kier alpha value is -1.65. The first-order valence-electron chi connectivity index (χ1n) is 5.11. The first-order chi connectivity index (χ1) is 7.60. The van der Waals surface area contributed by atoms with Gasteiger partial charge in [0.05, 0.1) is 0 Å². The summed E-state index contributed by atoms with van der Waals surface area (Å²) in [7, 11) is 0. The van der Waals surface area contributed by atoms with Gasteiger partial charge in [-0.1, -0.05) is 0 Å². The number of nitrogens with one attached hydrogen (secondary N) is 2. The van der Waals surface area contributed by atoms with Crippen LogP contribution < -0.4 is 10.6 Å². The fourth-order valence-corrected chi connectivity index (χ4v) is 1.31. The lowest BCUT2D eigenvalue weighted by Crippen LogP contribution is -2.23. The average molecular weight is 228 g/mol. The van der Waals surface area contributed by atoms with Gasteiger partial charge < -0.3 is 10.6 Å². The summed E-state index contributed by atoms with van der Waals surface area (Å²) in [5.41, 5.74) is -0.214. The molecule has 0 unspecified atom stereocenters. The second-order valence-electron chi connectivity index (χ2n) is 3.20. The monoisotopic (exact) mass is 228 g/mol. The highest BCUT2D eigenvalue weighted by atomic mass is 19.1. The summed E-state index contributed by atoms with van der Waals surface area (Å²) in [6, 6.07) is 2.04. The molecule has 0 atom stereocenters. The maximum absolute atomic E-state index is 13.4. The van der Waals surface area contributed by atoms with Crippen LogP contribution in [0.25, 0.3) is 0 Å². The molecule has 0 bridgehead atoms. The molecular formula is C11H14F2N2O. The van der Waals surface area contributed by atoms with E-state index in [0.29, 0.717) is 13.1 Å². The van der Waals surface area contributed by atoms with Gasteiger partial charge >= 0.3 is 0 Å². The van der Waals surface area contributed by atoms with Crippen molar-refractivity contribution < 1.29 is 13.6 Å². The molecule has 0 heterocycles. The Balaban J connectivity index is 3.04. The van der Waals surface area contributed by atoms with E-state index in [-0.39, 0.29) is 11.3 Å². The molecule has 0 fully saturated rings. The van der Waals surface area contributed by atoms with Crippen molar-refractivity contribution in [2.45, 2.75) is 13.8 Å². The SMILES string of the molecule is CCNC(=O)c1cc(F)c(NCC)c(F)c1. The highest BCUT2D eigenvalue weighted by Gasteiger charge is 2.13. The summed E-state index contributed by atoms with van der Waals surface area (Å²) in [6.07, 6.45) is 0. The topological polar surface area (TPSA) is 41.1 Å². The molecule has 0 radical (unpaired) electrons. The summed E-state index contributed by atoms with van der Waals surface area (Å²) in [4.78, 5) is 11.4. The van der Waals surface area contributed by atoms with Gasteiger partial charge in [0.1, 0.15) is 17.3 Å². The van der Waals surface area contributed by atoms with E-state index < -0.39 is 17.5 Å². The summed E-state index contributed by atoms with van der Waals surface area (Å²) in [6.45, 7) is 4.29. The summed E-state index contributed by atoms with van der Waals surface area (Å²) in [5, 5.41) is 5.04. The van der Waals surface area contributed by atoms with Gasteiger partial charge in [0.15, 0.2) is 0 Å². The molecule has 2 N–H and O–H groups in total. The number of amides is 1. The maximum atomic E-state index is 13.4. The third kappa shape index (κ3) is 2.68. The molecule has 0 saturated heterocycles. The fourth-order valence-electron chi connectivity index (χ4n) is 1.31. The molecule has 1 rings (SSSR count). The largest absolute Gasteiger partial charge is 0.381 e. The zero-order valence-corrected chi connectivity index (χ0v) is 9.23. The van der Waals surface area contributed by atoms with Crippen molar-refractivity contribution in [3.63, 3.8) is 0 Å². The third-order valence-corrected chi connectivity index (χ3v) is 2.00. The van der Waals surface area contributed by atoms with Crippen LogP contribution in [-0.2, 0) is 0 Å². The highest BCUT2D eigenvalue weighted by molar-refractivity contribution is 5.94. The van der Waals surface area contributed by atoms with Crippen molar-refractivity contribution in [1.82, 2.24) is 5.32 Å². The van der Waals surface area contributed by atoms with Gasteiger partial charge in [-0.3, -0.25) is 4.79 Å². The number of anilines is 1. The number of benzene rings is 1. The molecule has 16 heavy (non-hydrogen) atoms. The van der Waals surface area contributed by atoms with E-state index in [4.69, 9.17) is 0 Å². The third-order valence-electron chi connectivity index (χ3n) is 2.00. The van der Waals surface area contributed by atoms with Crippen LogP contribution in [0, 0.1) is 11.6 Å². The van der Waals surface area contributed by atoms with Crippen molar-refractivity contribution in [2.24, 2.45) is 0 Å². The van der Waals surface area contributed by atoms with Crippen LogP contribution in [0.2, 0.25) is 0 Å². The second kappa shape index (κ2) is 5.44. The predicted octanol–water partition coefficient (Wildman–Crippen LogP) is 2.15. The zero-order chi connectivity index (χ0) is 12.1. The van der Waals surface area contributed by atoms with Gasteiger partial charge in [-0.05, 0) is 26.0 Å². The zero-order valence-electron chi connectivity index (χ0n) is 9.23. The molecular weight excluding hydrogens is 214 g/mol. The lowest BCUT2D eigenvalue weighted by molar-refractivity contribution is 0.0955. The first kappa shape index (κ1) is 12.4. The Kier molecular flexibility index (Phi) is 4.22. The molecule has 1 aromatic rings. The van der Waals surface area contributed by atoms with Gasteiger partial charge in [0.25, 0.3) is 5.91 Å². The lowest BCUT2D eigenvalue weighted by Gasteiger charge is -2.08. The van der Waals surface area contributed by atoms with Crippen molar-refractivity contribution in [1.29, 1.82) is 0 Å². The van der Waals surface area contributed by atoms with Crippen molar-refractivity contribution in [2.75, 3.05) is 18.4 Å². The molecule has 1 amide bonds. The van der Waals surface area contributed by atoms with E-state index in [1.54, 1.807) is 13.8 Å². The first-order valence-corrected chi connectivity index (χ1v) is 5.11. The van der Waals surface area contributed by atoms with Crippen LogP contribution in [-0.4, -0.2) is 19.0 Å². The van der Waals surface area contributed by atoms with E-state index in [1.165, 1.54) is 0 Å². The second-order valence-corrected chi connectivity index (χ2v) is 3.20. The Bertz CT molecular complexity index is 371. The number of halogens is 2. The molecule has 0 spiro atoms. The molecule has 0 aromatic heterocycles. The van der Waals surface area contributed by atoms with Crippen LogP contribution in [0.1, 0.15) is 24.2 Å². The highest BCUT2D eigenvalue weighted by Crippen LogP contribution is 2.20. The van der Waals surface area contributed by atoms with Gasteiger partial charge in [0.2, 0.25) is 0 Å². The summed E-state index contributed by atoms with van der Waals surface area (Å²) < 4.78 is 26.8. The number of hydrogen-bond acceptors (Lipinski definition) is 2. The van der Waals surface area contributed by atoms with E-state index in [1.807, 2.05) is 0 Å². The molecule has 1 aromatic carbocycles. The molecule has 0 aliphatic heterocycles. The van der Waals surface area contributed by atoms with Crippen LogP contribution in [0.3, 0.4) is 0 Å². The minimum absolute atomic E-state index is 0.0153. The number of carbonyl (C=O) groups is 1. The lowest BCUT2D eigenvalue weighted by atomic mass is 10.1. The smallest absolute Gasteiger partial charge is 0.251 e.